The van der Waals surface area contributed by atoms with Crippen LogP contribution in [0.15, 0.2) is 18.2 Å². The first kappa shape index (κ1) is 14.3. The summed E-state index contributed by atoms with van der Waals surface area (Å²) < 4.78 is 19.5. The standard InChI is InChI=1S/C16H24FNO/c1-12(2)5-4-10-19-16-13(6-3-7-15(16)17)11-18-14-8-9-14/h3,6-7,12,14,18H,4-5,8-11H2,1-2H3. The summed E-state index contributed by atoms with van der Waals surface area (Å²) in [6.07, 6.45) is 4.56. The number of benzene rings is 1. The Hall–Kier alpha value is -1.09. The molecule has 0 heterocycles. The van der Waals surface area contributed by atoms with E-state index in [-0.39, 0.29) is 5.82 Å². The van der Waals surface area contributed by atoms with Crippen molar-refractivity contribution >= 4 is 0 Å². The highest BCUT2D eigenvalue weighted by molar-refractivity contribution is 5.35. The molecule has 0 radical (unpaired) electrons. The topological polar surface area (TPSA) is 21.3 Å². The SMILES string of the molecule is CC(C)CCCOc1c(F)cccc1CNC1CC1. The molecule has 1 fully saturated rings. The summed E-state index contributed by atoms with van der Waals surface area (Å²) in [7, 11) is 0. The lowest BCUT2D eigenvalue weighted by atomic mass is 10.1. The highest BCUT2D eigenvalue weighted by Gasteiger charge is 2.21. The molecule has 0 saturated heterocycles. The predicted molar refractivity (Wildman–Crippen MR) is 75.8 cm³/mol. The molecule has 1 aromatic carbocycles. The van der Waals surface area contributed by atoms with Gasteiger partial charge in [-0.3, -0.25) is 0 Å². The highest BCUT2D eigenvalue weighted by Crippen LogP contribution is 2.25. The summed E-state index contributed by atoms with van der Waals surface area (Å²) in [5.41, 5.74) is 0.927. The Bertz CT molecular complexity index is 402. The zero-order valence-electron chi connectivity index (χ0n) is 11.9. The van der Waals surface area contributed by atoms with E-state index in [1.165, 1.54) is 18.9 Å². The Morgan fingerprint density at radius 3 is 2.84 bits per heavy atom. The van der Waals surface area contributed by atoms with E-state index in [2.05, 4.69) is 19.2 Å². The van der Waals surface area contributed by atoms with Gasteiger partial charge in [-0.05, 0) is 37.7 Å². The number of halogens is 1. The van der Waals surface area contributed by atoms with Gasteiger partial charge in [0.15, 0.2) is 11.6 Å². The molecule has 1 aliphatic rings. The summed E-state index contributed by atoms with van der Waals surface area (Å²) in [5.74, 6) is 0.847. The van der Waals surface area contributed by atoms with Gasteiger partial charge in [-0.1, -0.05) is 26.0 Å². The molecule has 1 saturated carbocycles. The first-order valence-electron chi connectivity index (χ1n) is 7.30. The smallest absolute Gasteiger partial charge is 0.165 e. The van der Waals surface area contributed by atoms with E-state index in [1.54, 1.807) is 6.07 Å². The van der Waals surface area contributed by atoms with Gasteiger partial charge in [-0.15, -0.1) is 0 Å². The Morgan fingerprint density at radius 1 is 1.37 bits per heavy atom. The molecular weight excluding hydrogens is 241 g/mol. The fourth-order valence-electron chi connectivity index (χ4n) is 2.06. The molecule has 106 valence electrons. The quantitative estimate of drug-likeness (QED) is 0.720. The molecule has 0 amide bonds. The third kappa shape index (κ3) is 4.83. The van der Waals surface area contributed by atoms with Crippen molar-refractivity contribution in [2.75, 3.05) is 6.61 Å². The maximum atomic E-state index is 13.8. The second-order valence-electron chi connectivity index (χ2n) is 5.77. The van der Waals surface area contributed by atoms with Crippen molar-refractivity contribution in [3.8, 4) is 5.75 Å². The summed E-state index contributed by atoms with van der Waals surface area (Å²) in [5, 5.41) is 3.40. The lowest BCUT2D eigenvalue weighted by molar-refractivity contribution is 0.280. The number of nitrogens with one attached hydrogen (secondary N) is 1. The third-order valence-electron chi connectivity index (χ3n) is 3.38. The van der Waals surface area contributed by atoms with Gasteiger partial charge in [-0.2, -0.15) is 0 Å². The van der Waals surface area contributed by atoms with E-state index in [0.717, 1.165) is 18.4 Å². The van der Waals surface area contributed by atoms with Crippen LogP contribution in [0, 0.1) is 11.7 Å². The maximum Gasteiger partial charge on any atom is 0.165 e. The van der Waals surface area contributed by atoms with Gasteiger partial charge in [0.2, 0.25) is 0 Å². The predicted octanol–water partition coefficient (Wildman–Crippen LogP) is 3.89. The van der Waals surface area contributed by atoms with Gasteiger partial charge >= 0.3 is 0 Å². The number of rotatable bonds is 8. The van der Waals surface area contributed by atoms with E-state index in [0.29, 0.717) is 30.9 Å². The minimum Gasteiger partial charge on any atom is -0.490 e. The molecule has 2 rings (SSSR count). The molecule has 3 heteroatoms. The van der Waals surface area contributed by atoms with Crippen LogP contribution in [-0.2, 0) is 6.54 Å². The molecule has 1 aliphatic carbocycles. The van der Waals surface area contributed by atoms with Crippen molar-refractivity contribution in [3.63, 3.8) is 0 Å². The molecule has 0 aromatic heterocycles. The monoisotopic (exact) mass is 265 g/mol. The number of ether oxygens (including phenoxy) is 1. The minimum absolute atomic E-state index is 0.250. The van der Waals surface area contributed by atoms with Crippen LogP contribution in [-0.4, -0.2) is 12.6 Å². The first-order valence-corrected chi connectivity index (χ1v) is 7.30. The lowest BCUT2D eigenvalue weighted by Gasteiger charge is -2.13. The van der Waals surface area contributed by atoms with Crippen molar-refractivity contribution in [3.05, 3.63) is 29.6 Å². The Morgan fingerprint density at radius 2 is 2.16 bits per heavy atom. The van der Waals surface area contributed by atoms with Crippen LogP contribution in [0.3, 0.4) is 0 Å². The van der Waals surface area contributed by atoms with Crippen molar-refractivity contribution in [1.82, 2.24) is 5.32 Å². The highest BCUT2D eigenvalue weighted by atomic mass is 19.1. The lowest BCUT2D eigenvalue weighted by Crippen LogP contribution is -2.16. The van der Waals surface area contributed by atoms with E-state index < -0.39 is 0 Å². The van der Waals surface area contributed by atoms with Gasteiger partial charge in [0, 0.05) is 18.2 Å². The fourth-order valence-corrected chi connectivity index (χ4v) is 2.06. The van der Waals surface area contributed by atoms with Crippen LogP contribution in [0.5, 0.6) is 5.75 Å². The molecule has 0 aliphatic heterocycles. The van der Waals surface area contributed by atoms with E-state index in [9.17, 15) is 4.39 Å². The maximum absolute atomic E-state index is 13.8. The summed E-state index contributed by atoms with van der Waals surface area (Å²) >= 11 is 0. The van der Waals surface area contributed by atoms with Gasteiger partial charge < -0.3 is 10.1 Å². The fraction of sp³-hybridized carbons (Fsp3) is 0.625. The largest absolute Gasteiger partial charge is 0.490 e. The van der Waals surface area contributed by atoms with Crippen LogP contribution >= 0.6 is 0 Å². The zero-order chi connectivity index (χ0) is 13.7. The average molecular weight is 265 g/mol. The van der Waals surface area contributed by atoms with Crippen molar-refractivity contribution in [2.24, 2.45) is 5.92 Å². The second kappa shape index (κ2) is 6.90. The summed E-state index contributed by atoms with van der Waals surface area (Å²) in [6, 6.07) is 5.78. The van der Waals surface area contributed by atoms with Gasteiger partial charge in [0.05, 0.1) is 6.61 Å². The van der Waals surface area contributed by atoms with Crippen LogP contribution in [0.4, 0.5) is 4.39 Å². The molecular formula is C16H24FNO. The van der Waals surface area contributed by atoms with Crippen molar-refractivity contribution < 1.29 is 9.13 Å². The average Bonchev–Trinajstić information content (AvgIpc) is 3.17. The van der Waals surface area contributed by atoms with E-state index in [1.807, 2.05) is 6.07 Å². The second-order valence-corrected chi connectivity index (χ2v) is 5.77. The molecule has 0 bridgehead atoms. The molecule has 0 unspecified atom stereocenters. The number of hydrogen-bond donors (Lipinski definition) is 1. The Balaban J connectivity index is 1.88. The van der Waals surface area contributed by atoms with Crippen LogP contribution < -0.4 is 10.1 Å². The van der Waals surface area contributed by atoms with Crippen LogP contribution in [0.2, 0.25) is 0 Å². The van der Waals surface area contributed by atoms with Gasteiger partial charge in [0.25, 0.3) is 0 Å². The normalized spacial score (nSPS) is 14.9. The van der Waals surface area contributed by atoms with Gasteiger partial charge in [0.1, 0.15) is 0 Å². The Kier molecular flexibility index (Phi) is 5.20. The number of para-hydroxylation sites is 1. The third-order valence-corrected chi connectivity index (χ3v) is 3.38. The molecule has 19 heavy (non-hydrogen) atoms. The Labute approximate surface area is 115 Å². The molecule has 1 aromatic rings. The van der Waals surface area contributed by atoms with Crippen LogP contribution in [0.25, 0.3) is 0 Å². The van der Waals surface area contributed by atoms with Crippen molar-refractivity contribution in [1.29, 1.82) is 0 Å². The minimum atomic E-state index is -0.250. The molecule has 2 nitrogen and oxygen atoms in total. The zero-order valence-corrected chi connectivity index (χ0v) is 11.9. The van der Waals surface area contributed by atoms with Crippen LogP contribution in [0.1, 0.15) is 45.1 Å². The summed E-state index contributed by atoms with van der Waals surface area (Å²) in [4.78, 5) is 0. The van der Waals surface area contributed by atoms with E-state index in [4.69, 9.17) is 4.74 Å². The molecule has 0 atom stereocenters. The van der Waals surface area contributed by atoms with Crippen molar-refractivity contribution in [2.45, 2.75) is 52.1 Å². The summed E-state index contributed by atoms with van der Waals surface area (Å²) in [6.45, 7) is 5.67. The van der Waals surface area contributed by atoms with Gasteiger partial charge in [-0.25, -0.2) is 4.39 Å². The molecule has 0 spiro atoms. The first-order chi connectivity index (χ1) is 9.16. The molecule has 1 N–H and O–H groups in total. The number of hydrogen-bond acceptors (Lipinski definition) is 2. The van der Waals surface area contributed by atoms with E-state index >= 15 is 0 Å².